The second-order valence-corrected chi connectivity index (χ2v) is 7.45. The van der Waals surface area contributed by atoms with Crippen LogP contribution in [0, 0.1) is 6.92 Å². The first-order chi connectivity index (χ1) is 13.6. The third kappa shape index (κ3) is 3.99. The fraction of sp³-hybridized carbons (Fsp3) is 0.304. The van der Waals surface area contributed by atoms with E-state index in [1.54, 1.807) is 18.2 Å². The molecule has 1 fully saturated rings. The number of benzene rings is 1. The minimum atomic E-state index is -0.946. The average molecular weight is 376 g/mol. The third-order valence-corrected chi connectivity index (χ3v) is 5.32. The highest BCUT2D eigenvalue weighted by Crippen LogP contribution is 2.29. The molecule has 0 amide bonds. The summed E-state index contributed by atoms with van der Waals surface area (Å²) in [6, 6.07) is 15.0. The van der Waals surface area contributed by atoms with Crippen molar-refractivity contribution >= 4 is 5.97 Å². The van der Waals surface area contributed by atoms with Gasteiger partial charge in [0.2, 0.25) is 0 Å². The Morgan fingerprint density at radius 2 is 2.07 bits per heavy atom. The first kappa shape index (κ1) is 18.4. The fourth-order valence-corrected chi connectivity index (χ4v) is 3.87. The predicted molar refractivity (Wildman–Crippen MR) is 107 cm³/mol. The average Bonchev–Trinajstić information content (AvgIpc) is 3.17. The second-order valence-electron chi connectivity index (χ2n) is 7.45. The van der Waals surface area contributed by atoms with Crippen LogP contribution in [-0.4, -0.2) is 34.0 Å². The highest BCUT2D eigenvalue weighted by Gasteiger charge is 2.23. The number of aryl methyl sites for hydroxylation is 1. The van der Waals surface area contributed by atoms with Gasteiger partial charge in [-0.15, -0.1) is 0 Å². The lowest BCUT2D eigenvalue weighted by molar-refractivity contribution is 0.0697. The fourth-order valence-electron chi connectivity index (χ4n) is 3.87. The summed E-state index contributed by atoms with van der Waals surface area (Å²) in [7, 11) is 0. The third-order valence-electron chi connectivity index (χ3n) is 5.32. The molecule has 1 aliphatic rings. The van der Waals surface area contributed by atoms with Gasteiger partial charge in [0.05, 0.1) is 12.1 Å². The quantitative estimate of drug-likeness (QED) is 0.697. The van der Waals surface area contributed by atoms with Crippen LogP contribution >= 0.6 is 0 Å². The van der Waals surface area contributed by atoms with Crippen molar-refractivity contribution in [1.29, 1.82) is 0 Å². The summed E-state index contributed by atoms with van der Waals surface area (Å²) >= 11 is 0. The van der Waals surface area contributed by atoms with E-state index in [0.717, 1.165) is 43.9 Å². The zero-order valence-corrected chi connectivity index (χ0v) is 16.0. The lowest BCUT2D eigenvalue weighted by atomic mass is 9.94. The van der Waals surface area contributed by atoms with Gasteiger partial charge in [0.15, 0.2) is 0 Å². The van der Waals surface area contributed by atoms with Crippen LogP contribution in [0.1, 0.15) is 46.1 Å². The number of pyridine rings is 1. The van der Waals surface area contributed by atoms with E-state index in [4.69, 9.17) is 4.42 Å². The van der Waals surface area contributed by atoms with Gasteiger partial charge in [-0.1, -0.05) is 24.3 Å². The summed E-state index contributed by atoms with van der Waals surface area (Å²) < 4.78 is 6.00. The summed E-state index contributed by atoms with van der Waals surface area (Å²) in [5.74, 6) is 0.948. The molecule has 1 aromatic carbocycles. The Bertz CT molecular complexity index is 962. The maximum Gasteiger partial charge on any atom is 0.336 e. The Balaban J connectivity index is 1.47. The molecule has 1 N–H and O–H groups in total. The number of rotatable bonds is 5. The Labute approximate surface area is 164 Å². The number of aromatic nitrogens is 1. The zero-order valence-electron chi connectivity index (χ0n) is 16.0. The molecule has 0 radical (unpaired) electrons. The molecule has 28 heavy (non-hydrogen) atoms. The van der Waals surface area contributed by atoms with Gasteiger partial charge in [0.25, 0.3) is 0 Å². The minimum absolute atomic E-state index is 0.256. The maximum absolute atomic E-state index is 11.5. The van der Waals surface area contributed by atoms with Gasteiger partial charge >= 0.3 is 5.97 Å². The molecule has 4 rings (SSSR count). The van der Waals surface area contributed by atoms with Crippen LogP contribution in [-0.2, 0) is 6.54 Å². The van der Waals surface area contributed by atoms with Gasteiger partial charge in [-0.25, -0.2) is 4.79 Å². The number of carboxylic acids is 1. The van der Waals surface area contributed by atoms with E-state index in [-0.39, 0.29) is 5.56 Å². The molecule has 3 heterocycles. The summed E-state index contributed by atoms with van der Waals surface area (Å²) in [4.78, 5) is 18.5. The van der Waals surface area contributed by atoms with Gasteiger partial charge in [-0.2, -0.15) is 0 Å². The molecular weight excluding hydrogens is 352 g/mol. The number of piperidine rings is 1. The van der Waals surface area contributed by atoms with Gasteiger partial charge in [-0.3, -0.25) is 9.88 Å². The highest BCUT2D eigenvalue weighted by molar-refractivity contribution is 5.95. The van der Waals surface area contributed by atoms with E-state index in [1.165, 1.54) is 5.56 Å². The van der Waals surface area contributed by atoms with Crippen LogP contribution in [0.25, 0.3) is 11.3 Å². The largest absolute Gasteiger partial charge is 0.478 e. The van der Waals surface area contributed by atoms with Crippen molar-refractivity contribution in [3.05, 3.63) is 77.3 Å². The lowest BCUT2D eigenvalue weighted by Crippen LogP contribution is -2.34. The van der Waals surface area contributed by atoms with E-state index in [2.05, 4.69) is 28.9 Å². The highest BCUT2D eigenvalue weighted by atomic mass is 16.4. The molecule has 0 aliphatic carbocycles. The van der Waals surface area contributed by atoms with Gasteiger partial charge in [0, 0.05) is 29.9 Å². The molecule has 144 valence electrons. The van der Waals surface area contributed by atoms with Crippen molar-refractivity contribution in [1.82, 2.24) is 9.88 Å². The zero-order chi connectivity index (χ0) is 19.5. The van der Waals surface area contributed by atoms with Crippen LogP contribution in [0.15, 0.2) is 59.1 Å². The Morgan fingerprint density at radius 1 is 1.21 bits per heavy atom. The molecule has 5 nitrogen and oxygen atoms in total. The number of nitrogens with zero attached hydrogens (tertiary/aromatic N) is 2. The van der Waals surface area contributed by atoms with Crippen molar-refractivity contribution in [2.45, 2.75) is 32.2 Å². The molecule has 5 heteroatoms. The minimum Gasteiger partial charge on any atom is -0.478 e. The Kier molecular flexibility index (Phi) is 5.26. The predicted octanol–water partition coefficient (Wildman–Crippen LogP) is 4.73. The number of carbonyl (C=O) groups is 1. The standard InChI is InChI=1S/C23H24N2O3/c1-16-8-10-21(24-13-16)17-5-4-12-25(14-17)15-18-9-11-22(28-18)19-6-2-3-7-20(19)23(26)27/h2-3,6-11,13,17H,4-5,12,14-15H2,1H3,(H,26,27)/t17-/m0/s1. The monoisotopic (exact) mass is 376 g/mol. The van der Waals surface area contributed by atoms with Crippen molar-refractivity contribution in [3.8, 4) is 11.3 Å². The molecule has 0 saturated carbocycles. The molecule has 0 spiro atoms. The van der Waals surface area contributed by atoms with Crippen LogP contribution < -0.4 is 0 Å². The smallest absolute Gasteiger partial charge is 0.336 e. The Morgan fingerprint density at radius 3 is 2.86 bits per heavy atom. The lowest BCUT2D eigenvalue weighted by Gasteiger charge is -2.31. The maximum atomic E-state index is 11.5. The summed E-state index contributed by atoms with van der Waals surface area (Å²) in [5, 5.41) is 9.39. The molecule has 0 bridgehead atoms. The number of aromatic carboxylic acids is 1. The van der Waals surface area contributed by atoms with E-state index in [1.807, 2.05) is 24.4 Å². The summed E-state index contributed by atoms with van der Waals surface area (Å²) in [5.41, 5.74) is 3.21. The van der Waals surface area contributed by atoms with Crippen molar-refractivity contribution in [2.24, 2.45) is 0 Å². The van der Waals surface area contributed by atoms with E-state index >= 15 is 0 Å². The molecule has 0 unspecified atom stereocenters. The molecule has 2 aromatic heterocycles. The molecule has 1 saturated heterocycles. The topological polar surface area (TPSA) is 66.6 Å². The normalized spacial score (nSPS) is 17.5. The van der Waals surface area contributed by atoms with Gasteiger partial charge in [-0.05, 0) is 56.1 Å². The number of carboxylic acid groups (broad SMARTS) is 1. The SMILES string of the molecule is Cc1ccc([C@H]2CCCN(Cc3ccc(-c4ccccc4C(=O)O)o3)C2)nc1. The van der Waals surface area contributed by atoms with Crippen LogP contribution in [0.2, 0.25) is 0 Å². The van der Waals surface area contributed by atoms with E-state index in [0.29, 0.717) is 17.2 Å². The second kappa shape index (κ2) is 7.98. The van der Waals surface area contributed by atoms with E-state index in [9.17, 15) is 9.90 Å². The number of furan rings is 1. The van der Waals surface area contributed by atoms with Crippen molar-refractivity contribution in [3.63, 3.8) is 0 Å². The van der Waals surface area contributed by atoms with Crippen molar-refractivity contribution < 1.29 is 14.3 Å². The molecule has 1 atom stereocenters. The summed E-state index contributed by atoms with van der Waals surface area (Å²) in [6.45, 7) is 4.76. The number of likely N-dealkylation sites (tertiary alicyclic amines) is 1. The van der Waals surface area contributed by atoms with Crippen LogP contribution in [0.3, 0.4) is 0 Å². The first-order valence-corrected chi connectivity index (χ1v) is 9.66. The van der Waals surface area contributed by atoms with Gasteiger partial charge in [0.1, 0.15) is 11.5 Å². The first-order valence-electron chi connectivity index (χ1n) is 9.66. The number of hydrogen-bond acceptors (Lipinski definition) is 4. The molecule has 1 aliphatic heterocycles. The van der Waals surface area contributed by atoms with Crippen LogP contribution in [0.5, 0.6) is 0 Å². The van der Waals surface area contributed by atoms with Gasteiger partial charge < -0.3 is 9.52 Å². The van der Waals surface area contributed by atoms with Crippen molar-refractivity contribution in [2.75, 3.05) is 13.1 Å². The Hall–Kier alpha value is -2.92. The number of hydrogen-bond donors (Lipinski definition) is 1. The molecule has 3 aromatic rings. The van der Waals surface area contributed by atoms with Crippen LogP contribution in [0.4, 0.5) is 0 Å². The molecular formula is C23H24N2O3. The summed E-state index contributed by atoms with van der Waals surface area (Å²) in [6.07, 6.45) is 4.23. The van der Waals surface area contributed by atoms with E-state index < -0.39 is 5.97 Å².